The second-order valence-electron chi connectivity index (χ2n) is 6.46. The minimum atomic E-state index is -0.0790. The van der Waals surface area contributed by atoms with E-state index in [0.717, 1.165) is 32.2 Å². The van der Waals surface area contributed by atoms with Crippen LogP contribution in [0.3, 0.4) is 0 Å². The molecule has 4 rings (SSSR count). The maximum absolute atomic E-state index is 9.18. The molecule has 0 fully saturated rings. The molecule has 9 heteroatoms. The first-order valence-corrected chi connectivity index (χ1v) is 9.94. The first-order valence-electron chi connectivity index (χ1n) is 9.12. The summed E-state index contributed by atoms with van der Waals surface area (Å²) in [6.07, 6.45) is 3.33. The third-order valence-corrected chi connectivity index (χ3v) is 5.17. The molecule has 0 saturated carbocycles. The number of ether oxygens (including phenoxy) is 1. The average Bonchev–Trinajstić information content (AvgIpc) is 3.17. The van der Waals surface area contributed by atoms with E-state index < -0.39 is 0 Å². The van der Waals surface area contributed by atoms with Crippen molar-refractivity contribution in [1.29, 1.82) is 0 Å². The van der Waals surface area contributed by atoms with Crippen molar-refractivity contribution in [3.05, 3.63) is 53.1 Å². The maximum Gasteiger partial charge on any atom is 0.146 e. The Bertz CT molecular complexity index is 1130. The molecule has 0 bridgehead atoms. The van der Waals surface area contributed by atoms with E-state index in [1.807, 2.05) is 44.3 Å². The van der Waals surface area contributed by atoms with E-state index in [1.165, 1.54) is 6.33 Å². The maximum atomic E-state index is 9.18. The van der Waals surface area contributed by atoms with E-state index in [-0.39, 0.29) is 13.2 Å². The zero-order valence-electron chi connectivity index (χ0n) is 16.1. The lowest BCUT2D eigenvalue weighted by Crippen LogP contribution is -2.07. The second kappa shape index (κ2) is 8.46. The molecule has 2 N–H and O–H groups in total. The van der Waals surface area contributed by atoms with Crippen LogP contribution >= 0.6 is 11.3 Å². The van der Waals surface area contributed by atoms with Gasteiger partial charge in [0.05, 0.1) is 24.5 Å². The number of aliphatic hydroxyl groups is 1. The number of hydrogen-bond acceptors (Lipinski definition) is 9. The van der Waals surface area contributed by atoms with Crippen LogP contribution in [0.4, 0.5) is 5.82 Å². The van der Waals surface area contributed by atoms with Crippen molar-refractivity contribution < 1.29 is 9.84 Å². The van der Waals surface area contributed by atoms with Crippen molar-refractivity contribution in [2.24, 2.45) is 0 Å². The summed E-state index contributed by atoms with van der Waals surface area (Å²) < 4.78 is 5.75. The molecule has 29 heavy (non-hydrogen) atoms. The average molecular weight is 408 g/mol. The van der Waals surface area contributed by atoms with Gasteiger partial charge >= 0.3 is 0 Å². The monoisotopic (exact) mass is 408 g/mol. The number of nitrogens with one attached hydrogen (secondary N) is 1. The standard InChI is InChI=1S/C20H20N6O2S/c1-12-3-4-15(26-25-12)10-21-19-16-7-14(20-22-9-13(2)29-20)8-17(28-6-5-27)18(16)23-11-24-19/h3-4,7-9,11,27H,5-6,10H2,1-2H3,(H,21,23,24). The van der Waals surface area contributed by atoms with Gasteiger partial charge < -0.3 is 15.2 Å². The Labute approximate surface area is 171 Å². The van der Waals surface area contributed by atoms with Crippen molar-refractivity contribution >= 4 is 28.1 Å². The quantitative estimate of drug-likeness (QED) is 0.480. The molecule has 0 radical (unpaired) electrons. The van der Waals surface area contributed by atoms with Crippen LogP contribution in [0.5, 0.6) is 5.75 Å². The normalized spacial score (nSPS) is 11.0. The summed E-state index contributed by atoms with van der Waals surface area (Å²) in [4.78, 5) is 14.4. The van der Waals surface area contributed by atoms with Crippen LogP contribution in [-0.4, -0.2) is 43.5 Å². The summed E-state index contributed by atoms with van der Waals surface area (Å²) in [5.74, 6) is 1.25. The largest absolute Gasteiger partial charge is 0.489 e. The van der Waals surface area contributed by atoms with Crippen LogP contribution in [0.2, 0.25) is 0 Å². The summed E-state index contributed by atoms with van der Waals surface area (Å²) in [7, 11) is 0. The van der Waals surface area contributed by atoms with Gasteiger partial charge in [0.15, 0.2) is 0 Å². The Morgan fingerprint density at radius 2 is 2.00 bits per heavy atom. The Balaban J connectivity index is 1.74. The first kappa shape index (κ1) is 19.2. The number of rotatable bonds is 7. The predicted octanol–water partition coefficient (Wildman–Crippen LogP) is 3.14. The van der Waals surface area contributed by atoms with E-state index in [1.54, 1.807) is 11.3 Å². The van der Waals surface area contributed by atoms with Gasteiger partial charge in [-0.05, 0) is 38.1 Å². The number of benzene rings is 1. The molecule has 0 aliphatic heterocycles. The van der Waals surface area contributed by atoms with E-state index in [0.29, 0.717) is 23.6 Å². The zero-order chi connectivity index (χ0) is 20.2. The topological polar surface area (TPSA) is 106 Å². The molecular formula is C20H20N6O2S. The van der Waals surface area contributed by atoms with Crippen LogP contribution in [0.1, 0.15) is 16.3 Å². The highest BCUT2D eigenvalue weighted by Crippen LogP contribution is 2.35. The number of hydrogen-bond donors (Lipinski definition) is 2. The summed E-state index contributed by atoms with van der Waals surface area (Å²) >= 11 is 1.60. The molecule has 0 amide bonds. The molecule has 0 aliphatic carbocycles. The second-order valence-corrected chi connectivity index (χ2v) is 7.70. The van der Waals surface area contributed by atoms with Gasteiger partial charge in [-0.25, -0.2) is 15.0 Å². The van der Waals surface area contributed by atoms with Gasteiger partial charge in [-0.1, -0.05) is 0 Å². The van der Waals surface area contributed by atoms with E-state index >= 15 is 0 Å². The lowest BCUT2D eigenvalue weighted by molar-refractivity contribution is 0.202. The zero-order valence-corrected chi connectivity index (χ0v) is 16.9. The fourth-order valence-electron chi connectivity index (χ4n) is 2.85. The minimum Gasteiger partial charge on any atom is -0.489 e. The van der Waals surface area contributed by atoms with Crippen molar-refractivity contribution in [3.63, 3.8) is 0 Å². The van der Waals surface area contributed by atoms with Crippen LogP contribution in [0.25, 0.3) is 21.5 Å². The SMILES string of the molecule is Cc1ccc(CNc2ncnc3c(OCCO)cc(-c4ncc(C)s4)cc23)nn1. The van der Waals surface area contributed by atoms with Crippen LogP contribution in [0, 0.1) is 13.8 Å². The van der Waals surface area contributed by atoms with Gasteiger partial charge in [0, 0.05) is 22.0 Å². The van der Waals surface area contributed by atoms with Crippen LogP contribution in [0.15, 0.2) is 36.8 Å². The molecule has 0 unspecified atom stereocenters. The summed E-state index contributed by atoms with van der Waals surface area (Å²) in [5.41, 5.74) is 3.26. The number of thiazole rings is 1. The van der Waals surface area contributed by atoms with Crippen LogP contribution in [-0.2, 0) is 6.54 Å². The number of aliphatic hydroxyl groups excluding tert-OH is 1. The number of aryl methyl sites for hydroxylation is 2. The molecule has 0 atom stereocenters. The smallest absolute Gasteiger partial charge is 0.146 e. The van der Waals surface area contributed by atoms with Gasteiger partial charge in [-0.3, -0.25) is 0 Å². The molecular weight excluding hydrogens is 388 g/mol. The van der Waals surface area contributed by atoms with Gasteiger partial charge in [-0.2, -0.15) is 10.2 Å². The fraction of sp³-hybridized carbons (Fsp3) is 0.250. The number of anilines is 1. The summed E-state index contributed by atoms with van der Waals surface area (Å²) in [6, 6.07) is 7.76. The molecule has 1 aromatic carbocycles. The molecule has 0 saturated heterocycles. The highest BCUT2D eigenvalue weighted by molar-refractivity contribution is 7.14. The van der Waals surface area contributed by atoms with Crippen molar-refractivity contribution in [3.8, 4) is 16.3 Å². The first-order chi connectivity index (χ1) is 14.1. The van der Waals surface area contributed by atoms with Gasteiger partial charge in [0.2, 0.25) is 0 Å². The highest BCUT2D eigenvalue weighted by Gasteiger charge is 2.14. The van der Waals surface area contributed by atoms with E-state index in [4.69, 9.17) is 4.74 Å². The molecule has 4 aromatic rings. The number of aromatic nitrogens is 5. The third kappa shape index (κ3) is 4.30. The van der Waals surface area contributed by atoms with Crippen molar-refractivity contribution in [1.82, 2.24) is 25.1 Å². The third-order valence-electron chi connectivity index (χ3n) is 4.21. The van der Waals surface area contributed by atoms with E-state index in [2.05, 4.69) is 30.5 Å². The highest BCUT2D eigenvalue weighted by atomic mass is 32.1. The van der Waals surface area contributed by atoms with Gasteiger partial charge in [0.1, 0.15) is 35.0 Å². The number of nitrogens with zero attached hydrogens (tertiary/aromatic N) is 5. The van der Waals surface area contributed by atoms with Gasteiger partial charge in [-0.15, -0.1) is 11.3 Å². The predicted molar refractivity (Wildman–Crippen MR) is 112 cm³/mol. The lowest BCUT2D eigenvalue weighted by atomic mass is 10.1. The molecule has 0 spiro atoms. The lowest BCUT2D eigenvalue weighted by Gasteiger charge is -2.13. The molecule has 3 aromatic heterocycles. The summed E-state index contributed by atoms with van der Waals surface area (Å²) in [5, 5.41) is 22.5. The fourth-order valence-corrected chi connectivity index (χ4v) is 3.60. The molecule has 0 aliphatic rings. The Morgan fingerprint density at radius 1 is 1.10 bits per heavy atom. The Hall–Kier alpha value is -3.17. The Kier molecular flexibility index (Phi) is 5.59. The molecule has 3 heterocycles. The van der Waals surface area contributed by atoms with Crippen LogP contribution < -0.4 is 10.1 Å². The van der Waals surface area contributed by atoms with E-state index in [9.17, 15) is 5.11 Å². The molecule has 8 nitrogen and oxygen atoms in total. The van der Waals surface area contributed by atoms with Crippen molar-refractivity contribution in [2.45, 2.75) is 20.4 Å². The van der Waals surface area contributed by atoms with Crippen molar-refractivity contribution in [2.75, 3.05) is 18.5 Å². The molecule has 148 valence electrons. The summed E-state index contributed by atoms with van der Waals surface area (Å²) in [6.45, 7) is 4.50. The van der Waals surface area contributed by atoms with Gasteiger partial charge in [0.25, 0.3) is 0 Å². The minimum absolute atomic E-state index is 0.0790. The number of fused-ring (bicyclic) bond motifs is 1. The Morgan fingerprint density at radius 3 is 2.72 bits per heavy atom.